The first-order valence-corrected chi connectivity index (χ1v) is 6.23. The van der Waals surface area contributed by atoms with E-state index >= 15 is 0 Å². The highest BCUT2D eigenvalue weighted by Crippen LogP contribution is 2.00. The highest BCUT2D eigenvalue weighted by Gasteiger charge is 2.05. The topological polar surface area (TPSA) is 46.5 Å². The van der Waals surface area contributed by atoms with Crippen molar-refractivity contribution in [2.75, 3.05) is 6.61 Å². The van der Waals surface area contributed by atoms with E-state index in [4.69, 9.17) is 20.6 Å². The Labute approximate surface area is 78.4 Å². The number of esters is 1. The molecule has 0 saturated heterocycles. The summed E-state index contributed by atoms with van der Waals surface area (Å²) >= 11 is 5.35. The van der Waals surface area contributed by atoms with Crippen LogP contribution in [-0.4, -0.2) is 25.7 Å². The van der Waals surface area contributed by atoms with Crippen LogP contribution in [0.5, 0.6) is 0 Å². The SMILES string of the molecule is C=C(C)C(=O)OCCC[Si](O)Cl. The maximum Gasteiger partial charge on any atom is 0.333 e. The summed E-state index contributed by atoms with van der Waals surface area (Å²) in [7, 11) is -1.69. The van der Waals surface area contributed by atoms with E-state index in [0.717, 1.165) is 0 Å². The lowest BCUT2D eigenvalue weighted by Crippen LogP contribution is -2.08. The van der Waals surface area contributed by atoms with Crippen molar-refractivity contribution in [1.29, 1.82) is 0 Å². The van der Waals surface area contributed by atoms with Crippen molar-refractivity contribution in [1.82, 2.24) is 0 Å². The van der Waals surface area contributed by atoms with Gasteiger partial charge in [0, 0.05) is 5.57 Å². The molecular formula is C7H12ClO3Si. The number of carbonyl (C=O) groups is 1. The van der Waals surface area contributed by atoms with Gasteiger partial charge in [0.05, 0.1) is 6.61 Å². The van der Waals surface area contributed by atoms with Crippen molar-refractivity contribution < 1.29 is 14.3 Å². The molecule has 0 aromatic heterocycles. The lowest BCUT2D eigenvalue weighted by atomic mass is 10.4. The smallest absolute Gasteiger partial charge is 0.333 e. The molecule has 0 aromatic carbocycles. The Morgan fingerprint density at radius 2 is 2.33 bits per heavy atom. The maximum atomic E-state index is 10.8. The predicted octanol–water partition coefficient (Wildman–Crippen LogP) is 1.22. The second-order valence-electron chi connectivity index (χ2n) is 2.40. The van der Waals surface area contributed by atoms with Gasteiger partial charge in [-0.2, -0.15) is 0 Å². The molecule has 0 atom stereocenters. The van der Waals surface area contributed by atoms with Gasteiger partial charge in [0.15, 0.2) is 0 Å². The zero-order chi connectivity index (χ0) is 9.56. The molecule has 0 fully saturated rings. The molecule has 0 aliphatic rings. The average Bonchev–Trinajstić information content (AvgIpc) is 1.97. The van der Waals surface area contributed by atoms with Crippen molar-refractivity contribution in [3.05, 3.63) is 12.2 Å². The molecule has 3 nitrogen and oxygen atoms in total. The monoisotopic (exact) mass is 207 g/mol. The summed E-state index contributed by atoms with van der Waals surface area (Å²) in [5, 5.41) is 0. The molecule has 0 aliphatic carbocycles. The van der Waals surface area contributed by atoms with Crippen LogP contribution < -0.4 is 0 Å². The molecule has 1 N–H and O–H groups in total. The molecule has 0 aliphatic heterocycles. The number of rotatable bonds is 5. The van der Waals surface area contributed by atoms with Gasteiger partial charge < -0.3 is 9.53 Å². The van der Waals surface area contributed by atoms with Crippen LogP contribution in [0.25, 0.3) is 0 Å². The van der Waals surface area contributed by atoms with Crippen molar-refractivity contribution in [2.45, 2.75) is 19.4 Å². The summed E-state index contributed by atoms with van der Waals surface area (Å²) in [6.45, 7) is 5.31. The van der Waals surface area contributed by atoms with Crippen LogP contribution in [0.15, 0.2) is 12.2 Å². The molecule has 0 unspecified atom stereocenters. The van der Waals surface area contributed by atoms with E-state index in [0.29, 0.717) is 24.6 Å². The zero-order valence-electron chi connectivity index (χ0n) is 6.97. The third-order valence-corrected chi connectivity index (χ3v) is 2.44. The quantitative estimate of drug-likeness (QED) is 0.242. The summed E-state index contributed by atoms with van der Waals surface area (Å²) in [5.74, 6) is -0.392. The van der Waals surface area contributed by atoms with Gasteiger partial charge in [0.2, 0.25) is 0 Å². The first kappa shape index (κ1) is 11.7. The molecule has 0 bridgehead atoms. The molecule has 12 heavy (non-hydrogen) atoms. The van der Waals surface area contributed by atoms with Crippen molar-refractivity contribution in [3.8, 4) is 0 Å². The Kier molecular flexibility index (Phi) is 6.05. The summed E-state index contributed by atoms with van der Waals surface area (Å²) in [4.78, 5) is 19.5. The number of carbonyl (C=O) groups excluding carboxylic acids is 1. The van der Waals surface area contributed by atoms with E-state index in [2.05, 4.69) is 6.58 Å². The van der Waals surface area contributed by atoms with Crippen molar-refractivity contribution in [3.63, 3.8) is 0 Å². The summed E-state index contributed by atoms with van der Waals surface area (Å²) in [6, 6.07) is 0.524. The Morgan fingerprint density at radius 1 is 1.75 bits per heavy atom. The van der Waals surface area contributed by atoms with Crippen LogP contribution in [0.2, 0.25) is 6.04 Å². The third kappa shape index (κ3) is 6.39. The van der Waals surface area contributed by atoms with Crippen LogP contribution in [0.3, 0.4) is 0 Å². The van der Waals surface area contributed by atoms with Crippen LogP contribution in [-0.2, 0) is 9.53 Å². The van der Waals surface area contributed by atoms with Crippen LogP contribution in [0.4, 0.5) is 0 Å². The predicted molar refractivity (Wildman–Crippen MR) is 49.0 cm³/mol. The molecule has 69 valence electrons. The zero-order valence-corrected chi connectivity index (χ0v) is 8.73. The molecule has 5 heteroatoms. The van der Waals surface area contributed by atoms with Gasteiger partial charge in [-0.05, 0) is 19.4 Å². The lowest BCUT2D eigenvalue weighted by Gasteiger charge is -2.03. The van der Waals surface area contributed by atoms with E-state index in [9.17, 15) is 4.79 Å². The molecular weight excluding hydrogens is 196 g/mol. The van der Waals surface area contributed by atoms with Crippen LogP contribution in [0, 0.1) is 0 Å². The second kappa shape index (κ2) is 6.22. The fourth-order valence-electron chi connectivity index (χ4n) is 0.506. The highest BCUT2D eigenvalue weighted by molar-refractivity contribution is 7.02. The fourth-order valence-corrected chi connectivity index (χ4v) is 1.34. The first-order chi connectivity index (χ1) is 5.54. The molecule has 0 aromatic rings. The summed E-state index contributed by atoms with van der Waals surface area (Å²) < 4.78 is 4.76. The molecule has 1 radical (unpaired) electrons. The lowest BCUT2D eigenvalue weighted by molar-refractivity contribution is -0.138. The minimum absolute atomic E-state index is 0.299. The number of ether oxygens (including phenoxy) is 1. The van der Waals surface area contributed by atoms with Gasteiger partial charge in [-0.15, -0.1) is 11.1 Å². The largest absolute Gasteiger partial charge is 0.462 e. The number of hydrogen-bond acceptors (Lipinski definition) is 3. The summed E-state index contributed by atoms with van der Waals surface area (Å²) in [5.41, 5.74) is 0.385. The Bertz CT molecular complexity index is 170. The normalized spacial score (nSPS) is 10.0. The van der Waals surface area contributed by atoms with Gasteiger partial charge in [0.25, 0.3) is 0 Å². The number of halogens is 1. The van der Waals surface area contributed by atoms with Gasteiger partial charge in [-0.1, -0.05) is 6.58 Å². The maximum absolute atomic E-state index is 10.8. The molecule has 0 heterocycles. The van der Waals surface area contributed by atoms with Crippen molar-refractivity contribution >= 4 is 25.4 Å². The van der Waals surface area contributed by atoms with Crippen molar-refractivity contribution in [2.24, 2.45) is 0 Å². The molecule has 0 amide bonds. The Hall–Kier alpha value is -0.323. The Morgan fingerprint density at radius 3 is 2.75 bits per heavy atom. The van der Waals surface area contributed by atoms with Crippen LogP contribution in [0.1, 0.15) is 13.3 Å². The van der Waals surface area contributed by atoms with E-state index < -0.39 is 14.3 Å². The molecule has 0 rings (SSSR count). The van der Waals surface area contributed by atoms with Gasteiger partial charge in [-0.3, -0.25) is 0 Å². The minimum Gasteiger partial charge on any atom is -0.462 e. The van der Waals surface area contributed by atoms with Gasteiger partial charge in [0.1, 0.15) is 0 Å². The summed E-state index contributed by atoms with van der Waals surface area (Å²) in [6.07, 6.45) is 0.604. The standard InChI is InChI=1S/C7H12ClO3Si/c1-6(2)7(9)11-4-3-5-12(8)10/h10H,1,3-5H2,2H3. The molecule has 0 saturated carbocycles. The van der Waals surface area contributed by atoms with E-state index in [-0.39, 0.29) is 0 Å². The van der Waals surface area contributed by atoms with E-state index in [1.54, 1.807) is 6.92 Å². The highest BCUT2D eigenvalue weighted by atomic mass is 35.6. The van der Waals surface area contributed by atoms with E-state index in [1.807, 2.05) is 0 Å². The molecule has 0 spiro atoms. The average molecular weight is 208 g/mol. The van der Waals surface area contributed by atoms with Gasteiger partial charge in [-0.25, -0.2) is 4.79 Å². The van der Waals surface area contributed by atoms with E-state index in [1.165, 1.54) is 0 Å². The van der Waals surface area contributed by atoms with Crippen LogP contribution >= 0.6 is 11.1 Å². The second-order valence-corrected chi connectivity index (χ2v) is 4.96. The minimum atomic E-state index is -1.69. The number of hydrogen-bond donors (Lipinski definition) is 1. The third-order valence-electron chi connectivity index (χ3n) is 1.11. The first-order valence-electron chi connectivity index (χ1n) is 3.57. The van der Waals surface area contributed by atoms with Gasteiger partial charge >= 0.3 is 14.3 Å². The Balaban J connectivity index is 3.32. The fraction of sp³-hybridized carbons (Fsp3) is 0.571.